The van der Waals surface area contributed by atoms with Crippen LogP contribution in [-0.4, -0.2) is 48.8 Å². The number of carbonyl (C=O) groups excluding carboxylic acids is 1. The van der Waals surface area contributed by atoms with Gasteiger partial charge in [0.25, 0.3) is 5.91 Å². The highest BCUT2D eigenvalue weighted by Crippen LogP contribution is 2.32. The average Bonchev–Trinajstić information content (AvgIpc) is 3.30. The number of piperidine rings is 1. The fourth-order valence-corrected chi connectivity index (χ4v) is 3.68. The molecule has 1 aliphatic rings. The molecule has 1 atom stereocenters. The number of thiazole rings is 1. The summed E-state index contributed by atoms with van der Waals surface area (Å²) in [6.07, 6.45) is 6.35. The lowest BCUT2D eigenvalue weighted by Crippen LogP contribution is -2.41. The Labute approximate surface area is 142 Å². The number of nitrogens with zero attached hydrogens (tertiary/aromatic N) is 6. The maximum absolute atomic E-state index is 12.6. The average molecular weight is 344 g/mol. The molecule has 0 bridgehead atoms. The van der Waals surface area contributed by atoms with Gasteiger partial charge in [0, 0.05) is 24.2 Å². The molecular formula is C15H16N6O2S. The van der Waals surface area contributed by atoms with Gasteiger partial charge in [0.2, 0.25) is 5.88 Å². The van der Waals surface area contributed by atoms with Crippen LogP contribution in [-0.2, 0) is 4.79 Å². The minimum Gasteiger partial charge on any atom is -0.467 e. The zero-order chi connectivity index (χ0) is 16.4. The summed E-state index contributed by atoms with van der Waals surface area (Å²) >= 11 is 1.59. The van der Waals surface area contributed by atoms with E-state index in [9.17, 15) is 4.79 Å². The molecule has 9 heteroatoms. The third-order valence-corrected chi connectivity index (χ3v) is 4.92. The molecule has 3 aromatic heterocycles. The van der Waals surface area contributed by atoms with Gasteiger partial charge in [-0.15, -0.1) is 26.6 Å². The Hall–Kier alpha value is -2.55. The molecule has 0 aliphatic carbocycles. The summed E-state index contributed by atoms with van der Waals surface area (Å²) in [5.41, 5.74) is 0.633. The number of ether oxygens (including phenoxy) is 1. The number of amides is 1. The van der Waals surface area contributed by atoms with Gasteiger partial charge in [0.05, 0.1) is 6.04 Å². The number of fused-ring (bicyclic) bond motifs is 1. The van der Waals surface area contributed by atoms with Crippen molar-refractivity contribution < 1.29 is 9.53 Å². The van der Waals surface area contributed by atoms with Crippen LogP contribution in [0.5, 0.6) is 5.88 Å². The number of hydrogen-bond acceptors (Lipinski definition) is 7. The zero-order valence-electron chi connectivity index (χ0n) is 12.9. The quantitative estimate of drug-likeness (QED) is 0.716. The summed E-state index contributed by atoms with van der Waals surface area (Å²) in [6, 6.07) is 3.49. The van der Waals surface area contributed by atoms with Gasteiger partial charge in [0.15, 0.2) is 12.3 Å². The molecule has 24 heavy (non-hydrogen) atoms. The maximum Gasteiger partial charge on any atom is 0.261 e. The number of rotatable bonds is 4. The van der Waals surface area contributed by atoms with Gasteiger partial charge >= 0.3 is 0 Å². The molecule has 8 nitrogen and oxygen atoms in total. The van der Waals surface area contributed by atoms with Crippen LogP contribution in [0.4, 0.5) is 0 Å². The molecule has 0 radical (unpaired) electrons. The lowest BCUT2D eigenvalue weighted by molar-refractivity contribution is -0.137. The van der Waals surface area contributed by atoms with Crippen LogP contribution in [0.3, 0.4) is 0 Å². The van der Waals surface area contributed by atoms with Gasteiger partial charge < -0.3 is 9.64 Å². The van der Waals surface area contributed by atoms with E-state index in [4.69, 9.17) is 4.74 Å². The first-order chi connectivity index (χ1) is 11.8. The molecule has 1 saturated heterocycles. The van der Waals surface area contributed by atoms with E-state index < -0.39 is 0 Å². The molecular weight excluding hydrogens is 328 g/mol. The highest BCUT2D eigenvalue weighted by Gasteiger charge is 2.29. The van der Waals surface area contributed by atoms with Crippen LogP contribution in [0.2, 0.25) is 0 Å². The van der Waals surface area contributed by atoms with Crippen molar-refractivity contribution in [3.63, 3.8) is 0 Å². The van der Waals surface area contributed by atoms with Crippen LogP contribution in [0.15, 0.2) is 30.0 Å². The predicted octanol–water partition coefficient (Wildman–Crippen LogP) is 1.71. The molecule has 1 aliphatic heterocycles. The second kappa shape index (κ2) is 6.52. The van der Waals surface area contributed by atoms with Gasteiger partial charge in [0.1, 0.15) is 11.3 Å². The number of hydrogen-bond donors (Lipinski definition) is 0. The number of carbonyl (C=O) groups is 1. The van der Waals surface area contributed by atoms with Crippen LogP contribution < -0.4 is 4.74 Å². The Kier molecular flexibility index (Phi) is 4.08. The fraction of sp³-hybridized carbons (Fsp3) is 0.400. The van der Waals surface area contributed by atoms with Crippen molar-refractivity contribution in [3.05, 3.63) is 35.0 Å². The Morgan fingerprint density at radius 1 is 1.38 bits per heavy atom. The zero-order valence-corrected chi connectivity index (χ0v) is 13.7. The van der Waals surface area contributed by atoms with Crippen molar-refractivity contribution in [1.82, 2.24) is 29.7 Å². The van der Waals surface area contributed by atoms with Crippen molar-refractivity contribution in [3.8, 4) is 5.88 Å². The maximum atomic E-state index is 12.6. The van der Waals surface area contributed by atoms with E-state index in [0.717, 1.165) is 30.8 Å². The highest BCUT2D eigenvalue weighted by molar-refractivity contribution is 7.09. The van der Waals surface area contributed by atoms with Gasteiger partial charge in [-0.3, -0.25) is 4.79 Å². The molecule has 4 heterocycles. The standard InChI is InChI=1S/C15H16N6O2S/c22-14(9-23-13-5-4-12-18-17-10-21(12)19-13)20-7-2-1-3-11(20)15-16-6-8-24-15/h4-6,8,10-11H,1-3,7,9H2/t11-/m1/s1. The molecule has 0 aromatic carbocycles. The van der Waals surface area contributed by atoms with Gasteiger partial charge in [-0.1, -0.05) is 0 Å². The summed E-state index contributed by atoms with van der Waals surface area (Å²) in [6.45, 7) is 0.701. The van der Waals surface area contributed by atoms with E-state index >= 15 is 0 Å². The van der Waals surface area contributed by atoms with Crippen molar-refractivity contribution in [1.29, 1.82) is 0 Å². The minimum atomic E-state index is -0.0412. The molecule has 0 unspecified atom stereocenters. The van der Waals surface area contributed by atoms with Crippen LogP contribution in [0, 0.1) is 0 Å². The van der Waals surface area contributed by atoms with Crippen LogP contribution >= 0.6 is 11.3 Å². The molecule has 0 N–H and O–H groups in total. The Morgan fingerprint density at radius 2 is 2.33 bits per heavy atom. The summed E-state index contributed by atoms with van der Waals surface area (Å²) in [5, 5.41) is 14.8. The molecule has 1 fully saturated rings. The van der Waals surface area contributed by atoms with E-state index in [-0.39, 0.29) is 18.6 Å². The predicted molar refractivity (Wildman–Crippen MR) is 86.7 cm³/mol. The first-order valence-electron chi connectivity index (χ1n) is 7.80. The van der Waals surface area contributed by atoms with Crippen molar-refractivity contribution >= 4 is 22.9 Å². The first-order valence-corrected chi connectivity index (χ1v) is 8.68. The Morgan fingerprint density at radius 3 is 3.21 bits per heavy atom. The SMILES string of the molecule is O=C(COc1ccc2nncn2n1)N1CCCC[C@@H]1c1nccs1. The van der Waals surface area contributed by atoms with Crippen molar-refractivity contribution in [2.45, 2.75) is 25.3 Å². The molecule has 3 aromatic rings. The molecule has 0 spiro atoms. The van der Waals surface area contributed by atoms with Crippen LogP contribution in [0.25, 0.3) is 5.65 Å². The van der Waals surface area contributed by atoms with E-state index in [0.29, 0.717) is 11.5 Å². The van der Waals surface area contributed by atoms with E-state index in [1.54, 1.807) is 29.7 Å². The Balaban J connectivity index is 1.44. The smallest absolute Gasteiger partial charge is 0.261 e. The summed E-state index contributed by atoms with van der Waals surface area (Å²) < 4.78 is 7.08. The minimum absolute atomic E-state index is 0.0392. The lowest BCUT2D eigenvalue weighted by Gasteiger charge is -2.34. The van der Waals surface area contributed by atoms with E-state index in [2.05, 4.69) is 20.3 Å². The number of likely N-dealkylation sites (tertiary alicyclic amines) is 1. The monoisotopic (exact) mass is 344 g/mol. The molecule has 1 amide bonds. The molecule has 124 valence electrons. The second-order valence-corrected chi connectivity index (χ2v) is 6.49. The summed E-state index contributed by atoms with van der Waals surface area (Å²) in [5.74, 6) is 0.332. The van der Waals surface area contributed by atoms with E-state index in [1.165, 1.54) is 10.8 Å². The molecule has 0 saturated carbocycles. The summed E-state index contributed by atoms with van der Waals surface area (Å²) in [7, 11) is 0. The van der Waals surface area contributed by atoms with Crippen molar-refractivity contribution in [2.75, 3.05) is 13.2 Å². The highest BCUT2D eigenvalue weighted by atomic mass is 32.1. The van der Waals surface area contributed by atoms with E-state index in [1.807, 2.05) is 10.3 Å². The normalized spacial score (nSPS) is 18.0. The first kappa shape index (κ1) is 15.0. The van der Waals surface area contributed by atoms with Gasteiger partial charge in [-0.2, -0.15) is 4.52 Å². The van der Waals surface area contributed by atoms with Gasteiger partial charge in [-0.05, 0) is 25.3 Å². The third-order valence-electron chi connectivity index (χ3n) is 4.04. The van der Waals surface area contributed by atoms with Gasteiger partial charge in [-0.25, -0.2) is 4.98 Å². The topological polar surface area (TPSA) is 85.5 Å². The second-order valence-electron chi connectivity index (χ2n) is 5.56. The molecule has 4 rings (SSSR count). The third kappa shape index (κ3) is 2.94. The largest absolute Gasteiger partial charge is 0.467 e. The number of aromatic nitrogens is 5. The summed E-state index contributed by atoms with van der Waals surface area (Å²) in [4.78, 5) is 18.9. The fourth-order valence-electron chi connectivity index (χ4n) is 2.89. The van der Waals surface area contributed by atoms with Crippen molar-refractivity contribution in [2.24, 2.45) is 0 Å². The van der Waals surface area contributed by atoms with Crippen LogP contribution in [0.1, 0.15) is 30.3 Å². The Bertz CT molecular complexity index is 833. The lowest BCUT2D eigenvalue weighted by atomic mass is 10.0.